The van der Waals surface area contributed by atoms with E-state index in [1.54, 1.807) is 13.8 Å². The van der Waals surface area contributed by atoms with E-state index in [0.29, 0.717) is 12.3 Å². The van der Waals surface area contributed by atoms with Gasteiger partial charge in [0.25, 0.3) is 11.1 Å². The average Bonchev–Trinajstić information content (AvgIpc) is 3.17. The van der Waals surface area contributed by atoms with Gasteiger partial charge in [0.2, 0.25) is 5.91 Å². The zero-order valence-corrected chi connectivity index (χ0v) is 17.2. The van der Waals surface area contributed by atoms with Gasteiger partial charge in [0.05, 0.1) is 5.25 Å². The van der Waals surface area contributed by atoms with Gasteiger partial charge in [-0.2, -0.15) is 0 Å². The van der Waals surface area contributed by atoms with Crippen molar-refractivity contribution in [3.8, 4) is 5.75 Å². The van der Waals surface area contributed by atoms with Crippen LogP contribution in [0.25, 0.3) is 0 Å². The Kier molecular flexibility index (Phi) is 6.87. The molecule has 2 atom stereocenters. The van der Waals surface area contributed by atoms with Crippen LogP contribution in [0.1, 0.15) is 37.0 Å². The van der Waals surface area contributed by atoms with Gasteiger partial charge in [0, 0.05) is 6.54 Å². The van der Waals surface area contributed by atoms with E-state index in [2.05, 4.69) is 15.5 Å². The Morgan fingerprint density at radius 2 is 1.83 bits per heavy atom. The number of hydrogen-bond acceptors (Lipinski definition) is 6. The molecular formula is C21H22FN3O3S. The Labute approximate surface area is 172 Å². The molecule has 0 aliphatic heterocycles. The molecule has 0 radical (unpaired) electrons. The lowest BCUT2D eigenvalue weighted by molar-refractivity contribution is -0.120. The first-order chi connectivity index (χ1) is 13.9. The van der Waals surface area contributed by atoms with Gasteiger partial charge in [-0.25, -0.2) is 4.39 Å². The Bertz CT molecular complexity index is 945. The summed E-state index contributed by atoms with van der Waals surface area (Å²) in [5, 5.41) is 10.7. The third-order valence-electron chi connectivity index (χ3n) is 4.13. The number of halogens is 1. The predicted molar refractivity (Wildman–Crippen MR) is 108 cm³/mol. The Hall–Kier alpha value is -2.87. The maximum atomic E-state index is 13.0. The van der Waals surface area contributed by atoms with Crippen LogP contribution in [0.15, 0.2) is 58.2 Å². The summed E-state index contributed by atoms with van der Waals surface area (Å²) >= 11 is 1.18. The van der Waals surface area contributed by atoms with Crippen LogP contribution in [0.5, 0.6) is 5.75 Å². The number of carbonyl (C=O) groups is 1. The van der Waals surface area contributed by atoms with E-state index in [0.717, 1.165) is 5.56 Å². The Morgan fingerprint density at radius 3 is 2.52 bits per heavy atom. The molecular weight excluding hydrogens is 393 g/mol. The Balaban J connectivity index is 1.50. The SMILES string of the molecule is Cc1ccc(CNC(=O)[C@H](C)Sc2nnc([C@@H](C)Oc3ccc(F)cc3)o2)cc1. The third-order valence-corrected chi connectivity index (χ3v) is 5.06. The predicted octanol–water partition coefficient (Wildman–Crippen LogP) is 4.45. The van der Waals surface area contributed by atoms with Crippen molar-refractivity contribution in [2.24, 2.45) is 0 Å². The average molecular weight is 415 g/mol. The molecule has 3 aromatic rings. The quantitative estimate of drug-likeness (QED) is 0.548. The second kappa shape index (κ2) is 9.56. The highest BCUT2D eigenvalue weighted by Crippen LogP contribution is 2.26. The summed E-state index contributed by atoms with van der Waals surface area (Å²) in [5.41, 5.74) is 2.21. The van der Waals surface area contributed by atoms with Crippen molar-refractivity contribution < 1.29 is 18.3 Å². The first-order valence-electron chi connectivity index (χ1n) is 9.16. The van der Waals surface area contributed by atoms with Crippen LogP contribution < -0.4 is 10.1 Å². The molecule has 1 aromatic heterocycles. The maximum Gasteiger partial charge on any atom is 0.277 e. The lowest BCUT2D eigenvalue weighted by Gasteiger charge is -2.11. The van der Waals surface area contributed by atoms with E-state index in [1.165, 1.54) is 41.6 Å². The minimum atomic E-state index is -0.506. The molecule has 0 unspecified atom stereocenters. The van der Waals surface area contributed by atoms with Crippen molar-refractivity contribution >= 4 is 17.7 Å². The molecule has 2 aromatic carbocycles. The van der Waals surface area contributed by atoms with Crippen LogP contribution in [-0.4, -0.2) is 21.4 Å². The minimum Gasteiger partial charge on any atom is -0.481 e. The molecule has 29 heavy (non-hydrogen) atoms. The second-order valence-corrected chi connectivity index (χ2v) is 7.88. The van der Waals surface area contributed by atoms with Gasteiger partial charge in [-0.05, 0) is 50.6 Å². The Morgan fingerprint density at radius 1 is 1.14 bits per heavy atom. The number of benzene rings is 2. The van der Waals surface area contributed by atoms with Gasteiger partial charge < -0.3 is 14.5 Å². The molecule has 0 aliphatic carbocycles. The minimum absolute atomic E-state index is 0.120. The summed E-state index contributed by atoms with van der Waals surface area (Å²) in [7, 11) is 0. The van der Waals surface area contributed by atoms with Gasteiger partial charge in [-0.1, -0.05) is 41.6 Å². The van der Waals surface area contributed by atoms with Crippen LogP contribution >= 0.6 is 11.8 Å². The molecule has 3 rings (SSSR count). The molecule has 1 heterocycles. The number of nitrogens with one attached hydrogen (secondary N) is 1. The van der Waals surface area contributed by atoms with Gasteiger partial charge in [-0.15, -0.1) is 10.2 Å². The van der Waals surface area contributed by atoms with Gasteiger partial charge in [0.15, 0.2) is 6.10 Å². The van der Waals surface area contributed by atoms with Crippen molar-refractivity contribution in [3.63, 3.8) is 0 Å². The molecule has 8 heteroatoms. The largest absolute Gasteiger partial charge is 0.481 e. The summed E-state index contributed by atoms with van der Waals surface area (Å²) in [6.07, 6.45) is -0.506. The van der Waals surface area contributed by atoms with E-state index in [-0.39, 0.29) is 22.8 Å². The molecule has 6 nitrogen and oxygen atoms in total. The number of aryl methyl sites for hydroxylation is 1. The van der Waals surface area contributed by atoms with Crippen molar-refractivity contribution in [1.29, 1.82) is 0 Å². The highest BCUT2D eigenvalue weighted by Gasteiger charge is 2.21. The number of aromatic nitrogens is 2. The van der Waals surface area contributed by atoms with Crippen LogP contribution in [-0.2, 0) is 11.3 Å². The van der Waals surface area contributed by atoms with Crippen molar-refractivity contribution in [2.75, 3.05) is 0 Å². The van der Waals surface area contributed by atoms with Gasteiger partial charge in [0.1, 0.15) is 11.6 Å². The molecule has 1 amide bonds. The van der Waals surface area contributed by atoms with E-state index >= 15 is 0 Å². The zero-order chi connectivity index (χ0) is 20.8. The summed E-state index contributed by atoms with van der Waals surface area (Å²) in [5.74, 6) is 0.321. The fourth-order valence-corrected chi connectivity index (χ4v) is 3.16. The van der Waals surface area contributed by atoms with Gasteiger partial charge in [-0.3, -0.25) is 4.79 Å². The van der Waals surface area contributed by atoms with Crippen LogP contribution in [0.4, 0.5) is 4.39 Å². The normalized spacial score (nSPS) is 13.0. The van der Waals surface area contributed by atoms with E-state index in [9.17, 15) is 9.18 Å². The van der Waals surface area contributed by atoms with E-state index < -0.39 is 11.4 Å². The number of amides is 1. The summed E-state index contributed by atoms with van der Waals surface area (Å²) in [6, 6.07) is 13.7. The van der Waals surface area contributed by atoms with Crippen molar-refractivity contribution in [1.82, 2.24) is 15.5 Å². The fourth-order valence-electron chi connectivity index (χ4n) is 2.44. The lowest BCUT2D eigenvalue weighted by atomic mass is 10.1. The molecule has 0 bridgehead atoms. The van der Waals surface area contributed by atoms with Gasteiger partial charge >= 0.3 is 0 Å². The highest BCUT2D eigenvalue weighted by atomic mass is 32.2. The van der Waals surface area contributed by atoms with Crippen molar-refractivity contribution in [3.05, 3.63) is 71.4 Å². The topological polar surface area (TPSA) is 77.2 Å². The third kappa shape index (κ3) is 6.05. The summed E-state index contributed by atoms with van der Waals surface area (Å²) in [4.78, 5) is 12.3. The molecule has 0 fully saturated rings. The monoisotopic (exact) mass is 415 g/mol. The molecule has 0 spiro atoms. The number of nitrogens with zero attached hydrogens (tertiary/aromatic N) is 2. The molecule has 1 N–H and O–H groups in total. The smallest absolute Gasteiger partial charge is 0.277 e. The number of ether oxygens (including phenoxy) is 1. The van der Waals surface area contributed by atoms with E-state index in [4.69, 9.17) is 9.15 Å². The zero-order valence-electron chi connectivity index (χ0n) is 16.4. The maximum absolute atomic E-state index is 13.0. The molecule has 0 saturated heterocycles. The standard InChI is InChI=1S/C21H22FN3O3S/c1-13-4-6-16(7-5-13)12-23-19(26)15(3)29-21-25-24-20(28-21)14(2)27-18-10-8-17(22)9-11-18/h4-11,14-15H,12H2,1-3H3,(H,23,26)/t14-,15+/m1/s1. The molecule has 0 aliphatic rings. The second-order valence-electron chi connectivity index (χ2n) is 6.58. The molecule has 0 saturated carbocycles. The van der Waals surface area contributed by atoms with E-state index in [1.807, 2.05) is 31.2 Å². The van der Waals surface area contributed by atoms with Crippen molar-refractivity contribution in [2.45, 2.75) is 43.9 Å². The van der Waals surface area contributed by atoms with Crippen LogP contribution in [0.3, 0.4) is 0 Å². The first-order valence-corrected chi connectivity index (χ1v) is 10.0. The number of thioether (sulfide) groups is 1. The summed E-state index contributed by atoms with van der Waals surface area (Å²) in [6.45, 7) is 6.01. The first kappa shape index (κ1) is 20.9. The number of rotatable bonds is 8. The van der Waals surface area contributed by atoms with Crippen LogP contribution in [0.2, 0.25) is 0 Å². The fraction of sp³-hybridized carbons (Fsp3) is 0.286. The number of carbonyl (C=O) groups excluding carboxylic acids is 1. The van der Waals surface area contributed by atoms with Crippen LogP contribution in [0, 0.1) is 12.7 Å². The lowest BCUT2D eigenvalue weighted by Crippen LogP contribution is -2.30. The summed E-state index contributed by atoms with van der Waals surface area (Å²) < 4.78 is 24.2. The molecule has 152 valence electrons. The highest BCUT2D eigenvalue weighted by molar-refractivity contribution is 8.00. The number of hydrogen-bond donors (Lipinski definition) is 1.